The lowest BCUT2D eigenvalue weighted by Gasteiger charge is -2.28. The fraction of sp³-hybridized carbons (Fsp3) is 0.667. The molecule has 0 bridgehead atoms. The first-order chi connectivity index (χ1) is 9.53. The van der Waals surface area contributed by atoms with Crippen LogP contribution in [0.2, 0.25) is 0 Å². The van der Waals surface area contributed by atoms with E-state index in [1.54, 1.807) is 0 Å². The van der Waals surface area contributed by atoms with Gasteiger partial charge in [-0.3, -0.25) is 4.79 Å². The molecule has 0 aliphatic carbocycles. The molecule has 0 atom stereocenters. The van der Waals surface area contributed by atoms with E-state index >= 15 is 0 Å². The van der Waals surface area contributed by atoms with Gasteiger partial charge in [0.1, 0.15) is 5.69 Å². The van der Waals surface area contributed by atoms with E-state index in [1.807, 2.05) is 32.2 Å². The first-order valence-corrected chi connectivity index (χ1v) is 7.34. The second-order valence-corrected chi connectivity index (χ2v) is 6.09. The molecule has 1 aliphatic heterocycles. The molecule has 0 saturated carbocycles. The van der Waals surface area contributed by atoms with Gasteiger partial charge in [-0.2, -0.15) is 0 Å². The molecule has 0 unspecified atom stereocenters. The van der Waals surface area contributed by atoms with Crippen LogP contribution in [0.3, 0.4) is 0 Å². The van der Waals surface area contributed by atoms with E-state index in [4.69, 9.17) is 5.11 Å². The van der Waals surface area contributed by atoms with E-state index < -0.39 is 5.54 Å². The Bertz CT molecular complexity index is 448. The van der Waals surface area contributed by atoms with Crippen LogP contribution in [0.25, 0.3) is 0 Å². The Hall–Kier alpha value is -1.33. The first kappa shape index (κ1) is 15.1. The van der Waals surface area contributed by atoms with Gasteiger partial charge in [0, 0.05) is 24.4 Å². The standard InChI is InChI=1S/C15H25N3O2/c1-15(2,7-11-19)17-14(20)13-4-3-10-18(13)12-5-8-16-9-6-12/h3-4,10,12,16,19H,5-9,11H2,1-2H3,(H,17,20). The minimum atomic E-state index is -0.394. The van der Waals surface area contributed by atoms with Crippen molar-refractivity contribution in [1.29, 1.82) is 0 Å². The number of carbonyl (C=O) groups is 1. The Morgan fingerprint density at radius 2 is 2.20 bits per heavy atom. The van der Waals surface area contributed by atoms with Crippen LogP contribution in [0.4, 0.5) is 0 Å². The van der Waals surface area contributed by atoms with Crippen LogP contribution in [0.1, 0.15) is 49.6 Å². The molecule has 112 valence electrons. The van der Waals surface area contributed by atoms with Gasteiger partial charge < -0.3 is 20.3 Å². The smallest absolute Gasteiger partial charge is 0.268 e. The molecule has 1 saturated heterocycles. The van der Waals surface area contributed by atoms with Crippen molar-refractivity contribution in [3.8, 4) is 0 Å². The highest BCUT2D eigenvalue weighted by Crippen LogP contribution is 2.21. The predicted octanol–water partition coefficient (Wildman–Crippen LogP) is 1.30. The molecule has 0 radical (unpaired) electrons. The van der Waals surface area contributed by atoms with E-state index in [9.17, 15) is 4.79 Å². The van der Waals surface area contributed by atoms with Gasteiger partial charge in [-0.1, -0.05) is 0 Å². The molecule has 5 nitrogen and oxygen atoms in total. The van der Waals surface area contributed by atoms with Gasteiger partial charge in [0.25, 0.3) is 5.91 Å². The van der Waals surface area contributed by atoms with Gasteiger partial charge in [0.15, 0.2) is 0 Å². The molecule has 1 aromatic heterocycles. The van der Waals surface area contributed by atoms with Crippen molar-refractivity contribution in [3.63, 3.8) is 0 Å². The zero-order valence-corrected chi connectivity index (χ0v) is 12.4. The van der Waals surface area contributed by atoms with E-state index in [0.29, 0.717) is 18.2 Å². The lowest BCUT2D eigenvalue weighted by molar-refractivity contribution is 0.0886. The van der Waals surface area contributed by atoms with Gasteiger partial charge in [-0.25, -0.2) is 0 Å². The van der Waals surface area contributed by atoms with Crippen LogP contribution in [0.5, 0.6) is 0 Å². The maximum atomic E-state index is 12.4. The number of nitrogens with one attached hydrogen (secondary N) is 2. The summed E-state index contributed by atoms with van der Waals surface area (Å²) in [5.41, 5.74) is 0.317. The zero-order chi connectivity index (χ0) is 14.6. The van der Waals surface area contributed by atoms with Crippen molar-refractivity contribution < 1.29 is 9.90 Å². The summed E-state index contributed by atoms with van der Waals surface area (Å²) < 4.78 is 2.09. The average molecular weight is 279 g/mol. The Morgan fingerprint density at radius 3 is 2.85 bits per heavy atom. The molecule has 5 heteroatoms. The summed E-state index contributed by atoms with van der Waals surface area (Å²) in [5, 5.41) is 15.4. The van der Waals surface area contributed by atoms with Crippen molar-refractivity contribution in [2.45, 2.75) is 44.7 Å². The van der Waals surface area contributed by atoms with Crippen molar-refractivity contribution in [1.82, 2.24) is 15.2 Å². The first-order valence-electron chi connectivity index (χ1n) is 7.34. The van der Waals surface area contributed by atoms with E-state index in [-0.39, 0.29) is 12.5 Å². The highest BCUT2D eigenvalue weighted by Gasteiger charge is 2.24. The van der Waals surface area contributed by atoms with Crippen LogP contribution in [-0.4, -0.2) is 40.8 Å². The summed E-state index contributed by atoms with van der Waals surface area (Å²) in [7, 11) is 0. The molecule has 20 heavy (non-hydrogen) atoms. The summed E-state index contributed by atoms with van der Waals surface area (Å²) >= 11 is 0. The molecule has 0 spiro atoms. The molecule has 1 amide bonds. The minimum Gasteiger partial charge on any atom is -0.396 e. The molecule has 2 heterocycles. The minimum absolute atomic E-state index is 0.0630. The zero-order valence-electron chi connectivity index (χ0n) is 12.4. The maximum Gasteiger partial charge on any atom is 0.268 e. The molecule has 3 N–H and O–H groups in total. The Kier molecular flexibility index (Phi) is 4.83. The van der Waals surface area contributed by atoms with Crippen LogP contribution in [-0.2, 0) is 0 Å². The average Bonchev–Trinajstić information content (AvgIpc) is 2.88. The fourth-order valence-electron chi connectivity index (χ4n) is 2.70. The summed E-state index contributed by atoms with van der Waals surface area (Å²) in [6, 6.07) is 4.19. The largest absolute Gasteiger partial charge is 0.396 e. The fourth-order valence-corrected chi connectivity index (χ4v) is 2.70. The van der Waals surface area contributed by atoms with Gasteiger partial charge in [0.2, 0.25) is 0 Å². The number of aliphatic hydroxyl groups excluding tert-OH is 1. The third kappa shape index (κ3) is 3.61. The third-order valence-corrected chi connectivity index (χ3v) is 3.90. The van der Waals surface area contributed by atoms with E-state index in [2.05, 4.69) is 15.2 Å². The quantitative estimate of drug-likeness (QED) is 0.761. The normalized spacial score (nSPS) is 17.1. The van der Waals surface area contributed by atoms with Gasteiger partial charge in [-0.05, 0) is 58.3 Å². The number of hydrogen-bond acceptors (Lipinski definition) is 3. The number of amides is 1. The lowest BCUT2D eigenvalue weighted by atomic mass is 10.0. The van der Waals surface area contributed by atoms with Crippen molar-refractivity contribution in [2.24, 2.45) is 0 Å². The monoisotopic (exact) mass is 279 g/mol. The van der Waals surface area contributed by atoms with E-state index in [1.165, 1.54) is 0 Å². The maximum absolute atomic E-state index is 12.4. The molecule has 1 aromatic rings. The summed E-state index contributed by atoms with van der Waals surface area (Å²) in [4.78, 5) is 12.4. The highest BCUT2D eigenvalue weighted by molar-refractivity contribution is 5.93. The van der Waals surface area contributed by atoms with Crippen LogP contribution < -0.4 is 10.6 Å². The Morgan fingerprint density at radius 1 is 1.50 bits per heavy atom. The second kappa shape index (κ2) is 6.41. The molecule has 0 aromatic carbocycles. The highest BCUT2D eigenvalue weighted by atomic mass is 16.3. The number of hydrogen-bond donors (Lipinski definition) is 3. The molecule has 1 aliphatic rings. The lowest BCUT2D eigenvalue weighted by Crippen LogP contribution is -2.45. The number of aliphatic hydroxyl groups is 1. The molecular formula is C15H25N3O2. The van der Waals surface area contributed by atoms with Gasteiger partial charge in [-0.15, -0.1) is 0 Å². The van der Waals surface area contributed by atoms with E-state index in [0.717, 1.165) is 25.9 Å². The van der Waals surface area contributed by atoms with Gasteiger partial charge in [0.05, 0.1) is 0 Å². The number of rotatable bonds is 5. The molecular weight excluding hydrogens is 254 g/mol. The van der Waals surface area contributed by atoms with Crippen LogP contribution >= 0.6 is 0 Å². The Balaban J connectivity index is 2.09. The third-order valence-electron chi connectivity index (χ3n) is 3.90. The Labute approximate surface area is 120 Å². The number of nitrogens with zero attached hydrogens (tertiary/aromatic N) is 1. The van der Waals surface area contributed by atoms with Crippen molar-refractivity contribution >= 4 is 5.91 Å². The number of aromatic nitrogens is 1. The summed E-state index contributed by atoms with van der Waals surface area (Å²) in [5.74, 6) is -0.0630. The molecule has 2 rings (SSSR count). The number of carbonyl (C=O) groups excluding carboxylic acids is 1. The summed E-state index contributed by atoms with van der Waals surface area (Å²) in [6.45, 7) is 5.93. The van der Waals surface area contributed by atoms with Crippen molar-refractivity contribution in [3.05, 3.63) is 24.0 Å². The second-order valence-electron chi connectivity index (χ2n) is 6.09. The van der Waals surface area contributed by atoms with Crippen molar-refractivity contribution in [2.75, 3.05) is 19.7 Å². The van der Waals surface area contributed by atoms with Crippen LogP contribution in [0.15, 0.2) is 18.3 Å². The van der Waals surface area contributed by atoms with Crippen LogP contribution in [0, 0.1) is 0 Å². The SMILES string of the molecule is CC(C)(CCO)NC(=O)c1cccn1C1CCNCC1. The number of piperidine rings is 1. The predicted molar refractivity (Wildman–Crippen MR) is 78.8 cm³/mol. The molecule has 1 fully saturated rings. The van der Waals surface area contributed by atoms with Gasteiger partial charge >= 0.3 is 0 Å². The summed E-state index contributed by atoms with van der Waals surface area (Å²) in [6.07, 6.45) is 4.64. The topological polar surface area (TPSA) is 66.3 Å².